The van der Waals surface area contributed by atoms with Gasteiger partial charge in [-0.25, -0.2) is 0 Å². The van der Waals surface area contributed by atoms with Crippen LogP contribution in [0.15, 0.2) is 18.2 Å². The van der Waals surface area contributed by atoms with Crippen LogP contribution >= 0.6 is 0 Å². The smallest absolute Gasteiger partial charge is 0.231 e. The van der Waals surface area contributed by atoms with Crippen LogP contribution in [0, 0.1) is 17.8 Å². The van der Waals surface area contributed by atoms with Gasteiger partial charge in [-0.2, -0.15) is 0 Å². The van der Waals surface area contributed by atoms with Crippen molar-refractivity contribution in [3.05, 3.63) is 23.8 Å². The Bertz CT molecular complexity index is 573. The Hall–Kier alpha value is -1.75. The molecule has 1 heterocycles. The van der Waals surface area contributed by atoms with Crippen molar-refractivity contribution in [3.8, 4) is 11.5 Å². The molecule has 2 aliphatic carbocycles. The molecule has 21 heavy (non-hydrogen) atoms. The van der Waals surface area contributed by atoms with Gasteiger partial charge in [0.1, 0.15) is 0 Å². The van der Waals surface area contributed by atoms with E-state index in [0.29, 0.717) is 18.4 Å². The highest BCUT2D eigenvalue weighted by Crippen LogP contribution is 2.47. The van der Waals surface area contributed by atoms with Crippen LogP contribution in [0.2, 0.25) is 0 Å². The van der Waals surface area contributed by atoms with E-state index in [4.69, 9.17) is 15.2 Å². The van der Waals surface area contributed by atoms with E-state index < -0.39 is 0 Å². The number of nitrogens with two attached hydrogens (primary N) is 1. The largest absolute Gasteiger partial charge is 0.454 e. The monoisotopic (exact) mass is 288 g/mol. The first-order valence-corrected chi connectivity index (χ1v) is 7.64. The molecule has 4 rings (SSSR count). The van der Waals surface area contributed by atoms with Crippen molar-refractivity contribution in [2.75, 3.05) is 6.79 Å². The second kappa shape index (κ2) is 4.91. The van der Waals surface area contributed by atoms with Crippen molar-refractivity contribution in [2.24, 2.45) is 23.5 Å². The molecule has 112 valence electrons. The quantitative estimate of drug-likeness (QED) is 0.882. The molecule has 5 heteroatoms. The van der Waals surface area contributed by atoms with Gasteiger partial charge in [0.15, 0.2) is 11.5 Å². The number of hydrogen-bond acceptors (Lipinski definition) is 4. The highest BCUT2D eigenvalue weighted by molar-refractivity contribution is 5.80. The van der Waals surface area contributed by atoms with Gasteiger partial charge >= 0.3 is 0 Å². The summed E-state index contributed by atoms with van der Waals surface area (Å²) in [6, 6.07) is 5.80. The highest BCUT2D eigenvalue weighted by Gasteiger charge is 2.48. The molecule has 1 aliphatic heterocycles. The summed E-state index contributed by atoms with van der Waals surface area (Å²) >= 11 is 0. The van der Waals surface area contributed by atoms with Gasteiger partial charge < -0.3 is 20.5 Å². The molecule has 0 saturated heterocycles. The predicted molar refractivity (Wildman–Crippen MR) is 76.7 cm³/mol. The maximum atomic E-state index is 12.4. The third-order valence-corrected chi connectivity index (χ3v) is 5.19. The molecular weight excluding hydrogens is 268 g/mol. The summed E-state index contributed by atoms with van der Waals surface area (Å²) in [6.07, 6.45) is 3.47. The number of carbonyl (C=O) groups excluding carboxylic acids is 1. The van der Waals surface area contributed by atoms with E-state index in [1.807, 2.05) is 18.2 Å². The van der Waals surface area contributed by atoms with Crippen molar-refractivity contribution < 1.29 is 14.3 Å². The normalized spacial score (nSPS) is 32.4. The summed E-state index contributed by atoms with van der Waals surface area (Å²) in [7, 11) is 0. The molecule has 2 fully saturated rings. The number of rotatable bonds is 3. The number of benzene rings is 1. The molecule has 0 spiro atoms. The minimum atomic E-state index is -0.00207. The van der Waals surface area contributed by atoms with Gasteiger partial charge in [0, 0.05) is 12.6 Å². The molecule has 3 N–H and O–H groups in total. The first-order valence-electron chi connectivity index (χ1n) is 7.64. The lowest BCUT2D eigenvalue weighted by atomic mass is 9.84. The minimum absolute atomic E-state index is 0.00207. The van der Waals surface area contributed by atoms with E-state index >= 15 is 0 Å². The van der Waals surface area contributed by atoms with E-state index in [9.17, 15) is 4.79 Å². The lowest BCUT2D eigenvalue weighted by molar-refractivity contribution is -0.127. The van der Waals surface area contributed by atoms with E-state index in [1.165, 1.54) is 6.42 Å². The van der Waals surface area contributed by atoms with Gasteiger partial charge in [0.25, 0.3) is 0 Å². The van der Waals surface area contributed by atoms with Crippen LogP contribution in [0.3, 0.4) is 0 Å². The highest BCUT2D eigenvalue weighted by atomic mass is 16.7. The first kappa shape index (κ1) is 13.0. The second-order valence-electron chi connectivity index (χ2n) is 6.34. The Morgan fingerprint density at radius 2 is 2.05 bits per heavy atom. The number of fused-ring (bicyclic) bond motifs is 3. The zero-order valence-electron chi connectivity index (χ0n) is 11.9. The summed E-state index contributed by atoms with van der Waals surface area (Å²) in [4.78, 5) is 12.4. The maximum absolute atomic E-state index is 12.4. The Morgan fingerprint density at radius 1 is 1.24 bits per heavy atom. The summed E-state index contributed by atoms with van der Waals surface area (Å²) in [5.41, 5.74) is 7.23. The number of carbonyl (C=O) groups is 1. The predicted octanol–water partition coefficient (Wildman–Crippen LogP) is 1.40. The fraction of sp³-hybridized carbons (Fsp3) is 0.562. The van der Waals surface area contributed by atoms with Gasteiger partial charge in [-0.15, -0.1) is 0 Å². The van der Waals surface area contributed by atoms with Crippen molar-refractivity contribution in [3.63, 3.8) is 0 Å². The van der Waals surface area contributed by atoms with Gasteiger partial charge in [-0.1, -0.05) is 6.07 Å². The summed E-state index contributed by atoms with van der Waals surface area (Å²) in [6.45, 7) is 0.779. The van der Waals surface area contributed by atoms with Crippen LogP contribution in [0.25, 0.3) is 0 Å². The molecule has 5 nitrogen and oxygen atoms in total. The SMILES string of the molecule is NC1C2CCC(C2)C1C(=O)NCc1ccc2c(c1)OCO2. The Balaban J connectivity index is 1.39. The number of amides is 1. The van der Waals surface area contributed by atoms with Crippen molar-refractivity contribution in [1.82, 2.24) is 5.32 Å². The lowest BCUT2D eigenvalue weighted by Gasteiger charge is -2.27. The topological polar surface area (TPSA) is 73.6 Å². The molecule has 3 aliphatic rings. The van der Waals surface area contributed by atoms with Crippen molar-refractivity contribution in [1.29, 1.82) is 0 Å². The summed E-state index contributed by atoms with van der Waals surface area (Å²) < 4.78 is 10.6. The van der Waals surface area contributed by atoms with E-state index in [2.05, 4.69) is 5.32 Å². The average Bonchev–Trinajstić information content (AvgIpc) is 3.19. The Morgan fingerprint density at radius 3 is 2.86 bits per heavy atom. The van der Waals surface area contributed by atoms with Crippen LogP contribution in [-0.4, -0.2) is 18.7 Å². The Kier molecular flexibility index (Phi) is 3.03. The third kappa shape index (κ3) is 2.16. The van der Waals surface area contributed by atoms with Crippen LogP contribution in [0.4, 0.5) is 0 Å². The fourth-order valence-corrected chi connectivity index (χ4v) is 4.08. The summed E-state index contributed by atoms with van der Waals surface area (Å²) in [5, 5.41) is 3.03. The summed E-state index contributed by atoms with van der Waals surface area (Å²) in [5.74, 6) is 2.65. The fourth-order valence-electron chi connectivity index (χ4n) is 4.08. The average molecular weight is 288 g/mol. The first-order chi connectivity index (χ1) is 10.2. The molecule has 1 aromatic carbocycles. The van der Waals surface area contributed by atoms with E-state index in [-0.39, 0.29) is 24.7 Å². The van der Waals surface area contributed by atoms with E-state index in [0.717, 1.165) is 29.9 Å². The molecular formula is C16H20N2O3. The van der Waals surface area contributed by atoms with Gasteiger partial charge in [-0.3, -0.25) is 4.79 Å². The van der Waals surface area contributed by atoms with Crippen LogP contribution in [0.5, 0.6) is 11.5 Å². The molecule has 2 bridgehead atoms. The number of hydrogen-bond donors (Lipinski definition) is 2. The minimum Gasteiger partial charge on any atom is -0.454 e. The lowest BCUT2D eigenvalue weighted by Crippen LogP contribution is -2.45. The molecule has 1 aromatic rings. The van der Waals surface area contributed by atoms with Crippen LogP contribution < -0.4 is 20.5 Å². The molecule has 1 amide bonds. The maximum Gasteiger partial charge on any atom is 0.231 e. The standard InChI is InChI=1S/C16H20N2O3/c17-15-11-3-2-10(6-11)14(15)16(19)18-7-9-1-4-12-13(5-9)21-8-20-12/h1,4-5,10-11,14-15H,2-3,6-8,17H2,(H,18,19). The van der Waals surface area contributed by atoms with Crippen LogP contribution in [-0.2, 0) is 11.3 Å². The second-order valence-corrected chi connectivity index (χ2v) is 6.34. The van der Waals surface area contributed by atoms with Gasteiger partial charge in [-0.05, 0) is 48.8 Å². The van der Waals surface area contributed by atoms with Gasteiger partial charge in [0.05, 0.1) is 5.92 Å². The van der Waals surface area contributed by atoms with Gasteiger partial charge in [0.2, 0.25) is 12.7 Å². The third-order valence-electron chi connectivity index (χ3n) is 5.19. The number of nitrogens with one attached hydrogen (secondary N) is 1. The molecule has 0 radical (unpaired) electrons. The molecule has 4 unspecified atom stereocenters. The molecule has 4 atom stereocenters. The number of ether oxygens (including phenoxy) is 2. The Labute approximate surface area is 123 Å². The zero-order valence-corrected chi connectivity index (χ0v) is 11.9. The molecule has 2 saturated carbocycles. The van der Waals surface area contributed by atoms with E-state index in [1.54, 1.807) is 0 Å². The van der Waals surface area contributed by atoms with Crippen molar-refractivity contribution in [2.45, 2.75) is 31.8 Å². The molecule has 0 aromatic heterocycles. The van der Waals surface area contributed by atoms with Crippen molar-refractivity contribution >= 4 is 5.91 Å². The zero-order chi connectivity index (χ0) is 14.4. The van der Waals surface area contributed by atoms with Crippen LogP contribution in [0.1, 0.15) is 24.8 Å².